The number of benzene rings is 1. The topological polar surface area (TPSA) is 54.2 Å². The van der Waals surface area contributed by atoms with Crippen molar-refractivity contribution in [1.29, 1.82) is 0 Å². The summed E-state index contributed by atoms with van der Waals surface area (Å²) in [6, 6.07) is 10.0. The minimum Gasteiger partial charge on any atom is -0.454 e. The Morgan fingerprint density at radius 1 is 1.22 bits per heavy atom. The molecule has 0 atom stereocenters. The van der Waals surface area contributed by atoms with Crippen LogP contribution in [0.1, 0.15) is 17.1 Å². The van der Waals surface area contributed by atoms with Crippen LogP contribution in [0.15, 0.2) is 46.1 Å². The SMILES string of the molecule is c1ccc2oc(C3=NCCc4[nH]cnc43)cc2c1. The molecule has 4 heteroatoms. The molecular formula is C14H11N3O. The number of hydrogen-bond acceptors (Lipinski definition) is 3. The summed E-state index contributed by atoms with van der Waals surface area (Å²) in [5.74, 6) is 0.796. The predicted octanol–water partition coefficient (Wildman–Crippen LogP) is 2.55. The maximum absolute atomic E-state index is 5.85. The maximum Gasteiger partial charge on any atom is 0.155 e. The van der Waals surface area contributed by atoms with Crippen LogP contribution in [-0.4, -0.2) is 22.2 Å². The van der Waals surface area contributed by atoms with Crippen LogP contribution >= 0.6 is 0 Å². The Bertz CT molecular complexity index is 718. The number of aromatic nitrogens is 2. The van der Waals surface area contributed by atoms with Crippen LogP contribution in [-0.2, 0) is 6.42 Å². The van der Waals surface area contributed by atoms with Crippen LogP contribution in [0, 0.1) is 0 Å². The molecule has 2 aromatic heterocycles. The van der Waals surface area contributed by atoms with Crippen LogP contribution < -0.4 is 0 Å². The number of H-pyrrole nitrogens is 1. The van der Waals surface area contributed by atoms with E-state index in [1.807, 2.05) is 30.3 Å². The molecular weight excluding hydrogens is 226 g/mol. The largest absolute Gasteiger partial charge is 0.454 e. The highest BCUT2D eigenvalue weighted by Gasteiger charge is 2.21. The molecule has 1 N–H and O–H groups in total. The average molecular weight is 237 g/mol. The second-order valence-electron chi connectivity index (χ2n) is 4.36. The van der Waals surface area contributed by atoms with Gasteiger partial charge in [0.2, 0.25) is 0 Å². The molecule has 4 nitrogen and oxygen atoms in total. The van der Waals surface area contributed by atoms with Gasteiger partial charge >= 0.3 is 0 Å². The van der Waals surface area contributed by atoms with E-state index in [9.17, 15) is 0 Å². The third-order valence-corrected chi connectivity index (χ3v) is 3.23. The molecule has 0 fully saturated rings. The lowest BCUT2D eigenvalue weighted by atomic mass is 10.1. The Kier molecular flexibility index (Phi) is 1.91. The van der Waals surface area contributed by atoms with E-state index < -0.39 is 0 Å². The van der Waals surface area contributed by atoms with Gasteiger partial charge in [0.05, 0.1) is 6.33 Å². The third-order valence-electron chi connectivity index (χ3n) is 3.23. The van der Waals surface area contributed by atoms with Gasteiger partial charge in [-0.3, -0.25) is 4.99 Å². The number of aliphatic imine (C=N–C) groups is 1. The average Bonchev–Trinajstić information content (AvgIpc) is 3.04. The van der Waals surface area contributed by atoms with Crippen molar-refractivity contribution in [2.75, 3.05) is 6.54 Å². The van der Waals surface area contributed by atoms with Crippen molar-refractivity contribution in [3.05, 3.63) is 53.8 Å². The Balaban J connectivity index is 1.90. The number of nitrogens with zero attached hydrogens (tertiary/aromatic N) is 2. The minimum atomic E-state index is 0.779. The van der Waals surface area contributed by atoms with Gasteiger partial charge in [-0.25, -0.2) is 4.98 Å². The van der Waals surface area contributed by atoms with Gasteiger partial charge in [0.15, 0.2) is 5.76 Å². The molecule has 0 unspecified atom stereocenters. The zero-order valence-corrected chi connectivity index (χ0v) is 9.68. The number of aromatic amines is 1. The molecule has 0 bridgehead atoms. The molecule has 1 aliphatic heterocycles. The number of nitrogens with one attached hydrogen (secondary N) is 1. The molecule has 0 saturated heterocycles. The van der Waals surface area contributed by atoms with E-state index in [4.69, 9.17) is 4.42 Å². The summed E-state index contributed by atoms with van der Waals surface area (Å²) < 4.78 is 5.85. The summed E-state index contributed by atoms with van der Waals surface area (Å²) in [7, 11) is 0. The summed E-state index contributed by atoms with van der Waals surface area (Å²) >= 11 is 0. The molecule has 18 heavy (non-hydrogen) atoms. The minimum absolute atomic E-state index is 0.779. The van der Waals surface area contributed by atoms with Gasteiger partial charge in [-0.2, -0.15) is 0 Å². The van der Waals surface area contributed by atoms with Crippen LogP contribution in [0.5, 0.6) is 0 Å². The Labute approximate surface area is 103 Å². The van der Waals surface area contributed by atoms with Crippen molar-refractivity contribution in [2.45, 2.75) is 6.42 Å². The molecule has 3 heterocycles. The van der Waals surface area contributed by atoms with E-state index >= 15 is 0 Å². The first kappa shape index (κ1) is 9.65. The standard InChI is InChI=1S/C14H11N3O/c1-2-4-11-9(3-1)7-12(18-11)14-13-10(5-6-15-14)16-8-17-13/h1-4,7-8H,5-6H2,(H,16,17). The van der Waals surface area contributed by atoms with Gasteiger partial charge in [-0.05, 0) is 12.1 Å². The van der Waals surface area contributed by atoms with E-state index in [1.165, 1.54) is 0 Å². The summed E-state index contributed by atoms with van der Waals surface area (Å²) in [4.78, 5) is 12.0. The number of para-hydroxylation sites is 1. The highest BCUT2D eigenvalue weighted by atomic mass is 16.3. The quantitative estimate of drug-likeness (QED) is 0.707. The Morgan fingerprint density at radius 2 is 2.17 bits per heavy atom. The first-order valence-corrected chi connectivity index (χ1v) is 5.98. The lowest BCUT2D eigenvalue weighted by Crippen LogP contribution is -2.13. The number of fused-ring (bicyclic) bond motifs is 2. The number of imidazole rings is 1. The van der Waals surface area contributed by atoms with Gasteiger partial charge in [0.1, 0.15) is 17.0 Å². The fraction of sp³-hybridized carbons (Fsp3) is 0.143. The molecule has 0 radical (unpaired) electrons. The fourth-order valence-corrected chi connectivity index (χ4v) is 2.36. The molecule has 0 saturated carbocycles. The first-order chi connectivity index (χ1) is 8.92. The van der Waals surface area contributed by atoms with E-state index in [2.05, 4.69) is 15.0 Å². The molecule has 1 aromatic carbocycles. The lowest BCUT2D eigenvalue weighted by molar-refractivity contribution is 0.603. The van der Waals surface area contributed by atoms with Gasteiger partial charge in [0, 0.05) is 24.0 Å². The molecule has 4 rings (SSSR count). The summed E-state index contributed by atoms with van der Waals surface area (Å²) in [5, 5.41) is 1.10. The van der Waals surface area contributed by atoms with E-state index in [0.717, 1.165) is 46.8 Å². The summed E-state index contributed by atoms with van der Waals surface area (Å²) in [6.07, 6.45) is 2.63. The molecule has 1 aliphatic rings. The van der Waals surface area contributed by atoms with Gasteiger partial charge in [0.25, 0.3) is 0 Å². The van der Waals surface area contributed by atoms with E-state index in [-0.39, 0.29) is 0 Å². The van der Waals surface area contributed by atoms with E-state index in [1.54, 1.807) is 6.33 Å². The highest BCUT2D eigenvalue weighted by Crippen LogP contribution is 2.23. The van der Waals surface area contributed by atoms with Crippen molar-refractivity contribution >= 4 is 16.7 Å². The predicted molar refractivity (Wildman–Crippen MR) is 69.0 cm³/mol. The van der Waals surface area contributed by atoms with Crippen molar-refractivity contribution < 1.29 is 4.42 Å². The number of hydrogen-bond donors (Lipinski definition) is 1. The molecule has 3 aromatic rings. The van der Waals surface area contributed by atoms with Crippen molar-refractivity contribution in [1.82, 2.24) is 9.97 Å². The van der Waals surface area contributed by atoms with Crippen LogP contribution in [0.2, 0.25) is 0 Å². The molecule has 0 aliphatic carbocycles. The van der Waals surface area contributed by atoms with Crippen LogP contribution in [0.4, 0.5) is 0 Å². The maximum atomic E-state index is 5.85. The second kappa shape index (κ2) is 3.57. The van der Waals surface area contributed by atoms with Crippen molar-refractivity contribution in [3.8, 4) is 0 Å². The molecule has 0 spiro atoms. The smallest absolute Gasteiger partial charge is 0.155 e. The molecule has 0 amide bonds. The first-order valence-electron chi connectivity index (χ1n) is 5.98. The lowest BCUT2D eigenvalue weighted by Gasteiger charge is -2.09. The number of rotatable bonds is 1. The third kappa shape index (κ3) is 1.32. The van der Waals surface area contributed by atoms with Crippen LogP contribution in [0.25, 0.3) is 11.0 Å². The monoisotopic (exact) mass is 237 g/mol. The van der Waals surface area contributed by atoms with Gasteiger partial charge in [-0.15, -0.1) is 0 Å². The van der Waals surface area contributed by atoms with Crippen molar-refractivity contribution in [2.24, 2.45) is 4.99 Å². The number of furan rings is 1. The van der Waals surface area contributed by atoms with Gasteiger partial charge < -0.3 is 9.40 Å². The highest BCUT2D eigenvalue weighted by molar-refractivity contribution is 6.12. The van der Waals surface area contributed by atoms with E-state index in [0.29, 0.717) is 0 Å². The van der Waals surface area contributed by atoms with Crippen LogP contribution in [0.3, 0.4) is 0 Å². The normalized spacial score (nSPS) is 14.6. The Hall–Kier alpha value is -2.36. The summed E-state index contributed by atoms with van der Waals surface area (Å²) in [6.45, 7) is 0.779. The van der Waals surface area contributed by atoms with Gasteiger partial charge in [-0.1, -0.05) is 18.2 Å². The Morgan fingerprint density at radius 3 is 3.11 bits per heavy atom. The zero-order chi connectivity index (χ0) is 11.9. The summed E-state index contributed by atoms with van der Waals surface area (Å²) in [5.41, 5.74) is 3.80. The second-order valence-corrected chi connectivity index (χ2v) is 4.36. The molecule has 88 valence electrons. The zero-order valence-electron chi connectivity index (χ0n) is 9.68. The van der Waals surface area contributed by atoms with Crippen molar-refractivity contribution in [3.63, 3.8) is 0 Å². The fourth-order valence-electron chi connectivity index (χ4n) is 2.36.